The topological polar surface area (TPSA) is 75.5 Å². The van der Waals surface area contributed by atoms with Gasteiger partial charge in [-0.15, -0.1) is 0 Å². The lowest BCUT2D eigenvalue weighted by Gasteiger charge is -2.26. The molecule has 1 amide bonds. The van der Waals surface area contributed by atoms with Crippen molar-refractivity contribution in [2.75, 3.05) is 12.0 Å². The van der Waals surface area contributed by atoms with Crippen LogP contribution in [0.4, 0.5) is 15.6 Å². The van der Waals surface area contributed by atoms with Gasteiger partial charge in [-0.2, -0.15) is 5.26 Å². The summed E-state index contributed by atoms with van der Waals surface area (Å²) in [5, 5.41) is 9.73. The summed E-state index contributed by atoms with van der Waals surface area (Å²) in [6.45, 7) is 5.38. The van der Waals surface area contributed by atoms with E-state index < -0.39 is 11.7 Å². The molecule has 0 bridgehead atoms. The highest BCUT2D eigenvalue weighted by Gasteiger charge is 2.30. The predicted molar refractivity (Wildman–Crippen MR) is 113 cm³/mol. The molecule has 8 heteroatoms. The van der Waals surface area contributed by atoms with Crippen LogP contribution in [0, 0.1) is 11.3 Å². The van der Waals surface area contributed by atoms with Crippen LogP contribution in [-0.2, 0) is 4.74 Å². The van der Waals surface area contributed by atoms with Crippen LogP contribution in [0.1, 0.15) is 26.3 Å². The average molecular weight is 460 g/mol. The number of carbonyl (C=O) groups is 1. The number of nitriles is 1. The summed E-state index contributed by atoms with van der Waals surface area (Å²) in [7, 11) is 1.51. The molecular formula is C20H18BrN3O3S. The first-order valence-corrected chi connectivity index (χ1v) is 10.00. The molecule has 0 aliphatic carbocycles. The van der Waals surface area contributed by atoms with Crippen LogP contribution in [0.15, 0.2) is 40.9 Å². The van der Waals surface area contributed by atoms with Crippen molar-refractivity contribution < 1.29 is 14.3 Å². The Labute approximate surface area is 175 Å². The molecule has 0 fully saturated rings. The standard InChI is InChI=1S/C20H18BrN3O3S/c1-20(2,3)27-19(25)24(15-9-12(11-22)5-7-16(15)26-4)18-23-14-10-13(21)6-8-17(14)28-18/h5-10H,1-4H3. The summed E-state index contributed by atoms with van der Waals surface area (Å²) in [5.41, 5.74) is 0.843. The molecule has 2 aromatic carbocycles. The van der Waals surface area contributed by atoms with E-state index in [-0.39, 0.29) is 0 Å². The third kappa shape index (κ3) is 4.26. The van der Waals surface area contributed by atoms with Crippen LogP contribution >= 0.6 is 27.3 Å². The normalized spacial score (nSPS) is 11.1. The number of fused-ring (bicyclic) bond motifs is 1. The van der Waals surface area contributed by atoms with E-state index in [1.165, 1.54) is 23.3 Å². The van der Waals surface area contributed by atoms with Gasteiger partial charge in [-0.1, -0.05) is 27.3 Å². The highest BCUT2D eigenvalue weighted by molar-refractivity contribution is 9.10. The highest BCUT2D eigenvalue weighted by Crippen LogP contribution is 2.40. The molecule has 28 heavy (non-hydrogen) atoms. The SMILES string of the molecule is COc1ccc(C#N)cc1N(C(=O)OC(C)(C)C)c1nc2cc(Br)ccc2s1. The van der Waals surface area contributed by atoms with Crippen LogP contribution in [0.5, 0.6) is 5.75 Å². The van der Waals surface area contributed by atoms with Gasteiger partial charge in [0.05, 0.1) is 34.6 Å². The molecule has 1 aromatic heterocycles. The van der Waals surface area contributed by atoms with Gasteiger partial charge in [0, 0.05) is 4.47 Å². The Hall–Kier alpha value is -2.63. The maximum absolute atomic E-state index is 13.1. The number of carbonyl (C=O) groups excluding carboxylic acids is 1. The van der Waals surface area contributed by atoms with Gasteiger partial charge in [0.2, 0.25) is 5.13 Å². The molecule has 0 spiro atoms. The number of anilines is 2. The summed E-state index contributed by atoms with van der Waals surface area (Å²) in [5.74, 6) is 0.435. The number of thiazole rings is 1. The van der Waals surface area contributed by atoms with E-state index in [9.17, 15) is 10.1 Å². The first kappa shape index (κ1) is 20.1. The van der Waals surface area contributed by atoms with Gasteiger partial charge in [-0.25, -0.2) is 14.7 Å². The smallest absolute Gasteiger partial charge is 0.421 e. The Kier molecular flexibility index (Phi) is 5.59. The second-order valence-corrected chi connectivity index (χ2v) is 8.85. The zero-order valence-corrected chi connectivity index (χ0v) is 18.2. The fourth-order valence-electron chi connectivity index (χ4n) is 2.51. The Morgan fingerprint density at radius 1 is 1.25 bits per heavy atom. The number of hydrogen-bond donors (Lipinski definition) is 0. The summed E-state index contributed by atoms with van der Waals surface area (Å²) >= 11 is 4.79. The van der Waals surface area contributed by atoms with E-state index >= 15 is 0 Å². The quantitative estimate of drug-likeness (QED) is 0.478. The van der Waals surface area contributed by atoms with Gasteiger partial charge in [0.15, 0.2) is 0 Å². The molecule has 1 heterocycles. The monoisotopic (exact) mass is 459 g/mol. The summed E-state index contributed by atoms with van der Waals surface area (Å²) in [6, 6.07) is 12.7. The minimum absolute atomic E-state index is 0.396. The van der Waals surface area contributed by atoms with E-state index in [0.29, 0.717) is 22.1 Å². The van der Waals surface area contributed by atoms with E-state index in [1.54, 1.807) is 39.0 Å². The Morgan fingerprint density at radius 3 is 2.64 bits per heavy atom. The van der Waals surface area contributed by atoms with Crippen molar-refractivity contribution in [1.82, 2.24) is 4.98 Å². The number of ether oxygens (including phenoxy) is 2. The number of nitrogens with zero attached hydrogens (tertiary/aromatic N) is 3. The molecule has 3 rings (SSSR count). The Bertz CT molecular complexity index is 1080. The zero-order chi connectivity index (χ0) is 20.5. The van der Waals surface area contributed by atoms with Gasteiger partial charge in [-0.3, -0.25) is 0 Å². The predicted octanol–water partition coefficient (Wildman–Crippen LogP) is 6.01. The van der Waals surface area contributed by atoms with Crippen molar-refractivity contribution in [1.29, 1.82) is 5.26 Å². The molecule has 6 nitrogen and oxygen atoms in total. The Morgan fingerprint density at radius 2 is 2.00 bits per heavy atom. The minimum atomic E-state index is -0.699. The molecule has 0 aliphatic heterocycles. The van der Waals surface area contributed by atoms with Gasteiger partial charge in [0.1, 0.15) is 11.4 Å². The molecular weight excluding hydrogens is 442 g/mol. The average Bonchev–Trinajstić information content (AvgIpc) is 3.02. The minimum Gasteiger partial charge on any atom is -0.495 e. The number of benzene rings is 2. The van der Waals surface area contributed by atoms with Crippen LogP contribution in [0.3, 0.4) is 0 Å². The van der Waals surface area contributed by atoms with Crippen LogP contribution in [0.25, 0.3) is 10.2 Å². The molecule has 0 N–H and O–H groups in total. The fourth-order valence-corrected chi connectivity index (χ4v) is 3.80. The van der Waals surface area contributed by atoms with Crippen molar-refractivity contribution in [3.8, 4) is 11.8 Å². The highest BCUT2D eigenvalue weighted by atomic mass is 79.9. The molecule has 0 aliphatic rings. The molecule has 0 radical (unpaired) electrons. The first-order valence-electron chi connectivity index (χ1n) is 8.39. The van der Waals surface area contributed by atoms with Crippen LogP contribution in [-0.4, -0.2) is 23.8 Å². The Balaban J connectivity index is 2.20. The van der Waals surface area contributed by atoms with Crippen LogP contribution < -0.4 is 9.64 Å². The van der Waals surface area contributed by atoms with E-state index in [4.69, 9.17) is 9.47 Å². The molecule has 0 atom stereocenters. The lowest BCUT2D eigenvalue weighted by molar-refractivity contribution is 0.0598. The van der Waals surface area contributed by atoms with Crippen molar-refractivity contribution in [3.05, 3.63) is 46.4 Å². The largest absolute Gasteiger partial charge is 0.495 e. The number of amides is 1. The first-order chi connectivity index (χ1) is 13.2. The lowest BCUT2D eigenvalue weighted by Crippen LogP contribution is -2.34. The second-order valence-electron chi connectivity index (χ2n) is 6.92. The summed E-state index contributed by atoms with van der Waals surface area (Å²) in [4.78, 5) is 19.1. The maximum Gasteiger partial charge on any atom is 0.421 e. The van der Waals surface area contributed by atoms with Crippen LogP contribution in [0.2, 0.25) is 0 Å². The van der Waals surface area contributed by atoms with E-state index in [0.717, 1.165) is 14.7 Å². The third-order valence-electron chi connectivity index (χ3n) is 3.65. The molecule has 0 saturated heterocycles. The number of aromatic nitrogens is 1. The van der Waals surface area contributed by atoms with Gasteiger partial charge < -0.3 is 9.47 Å². The van der Waals surface area contributed by atoms with Crippen molar-refractivity contribution in [2.24, 2.45) is 0 Å². The number of halogens is 1. The van der Waals surface area contributed by atoms with Crippen molar-refractivity contribution in [2.45, 2.75) is 26.4 Å². The molecule has 0 unspecified atom stereocenters. The van der Waals surface area contributed by atoms with E-state index in [2.05, 4.69) is 27.0 Å². The molecule has 0 saturated carbocycles. The number of hydrogen-bond acceptors (Lipinski definition) is 6. The third-order valence-corrected chi connectivity index (χ3v) is 5.17. The zero-order valence-electron chi connectivity index (χ0n) is 15.8. The maximum atomic E-state index is 13.1. The van der Waals surface area contributed by atoms with Crippen molar-refractivity contribution in [3.63, 3.8) is 0 Å². The summed E-state index contributed by atoms with van der Waals surface area (Å²) < 4.78 is 12.9. The van der Waals surface area contributed by atoms with E-state index in [1.807, 2.05) is 18.2 Å². The number of methoxy groups -OCH3 is 1. The summed E-state index contributed by atoms with van der Waals surface area (Å²) in [6.07, 6.45) is -0.598. The fraction of sp³-hybridized carbons (Fsp3) is 0.250. The van der Waals surface area contributed by atoms with Crippen molar-refractivity contribution >= 4 is 54.4 Å². The second kappa shape index (κ2) is 7.78. The number of rotatable bonds is 3. The van der Waals surface area contributed by atoms with Gasteiger partial charge >= 0.3 is 6.09 Å². The van der Waals surface area contributed by atoms with Gasteiger partial charge in [0.25, 0.3) is 0 Å². The van der Waals surface area contributed by atoms with Gasteiger partial charge in [-0.05, 0) is 57.2 Å². The molecule has 3 aromatic rings. The molecule has 144 valence electrons. The lowest BCUT2D eigenvalue weighted by atomic mass is 10.2.